The van der Waals surface area contributed by atoms with E-state index < -0.39 is 71.5 Å². The van der Waals surface area contributed by atoms with Gasteiger partial charge in [-0.2, -0.15) is 0 Å². The first-order valence-corrected chi connectivity index (χ1v) is 41.8. The first-order valence-electron chi connectivity index (χ1n) is 41.8. The molecule has 0 aliphatic carbocycles. The van der Waals surface area contributed by atoms with Crippen LogP contribution in [0.3, 0.4) is 0 Å². The Balaban J connectivity index is 0.962. The third kappa shape index (κ3) is 18.8. The summed E-state index contributed by atoms with van der Waals surface area (Å²) in [6, 6.07) is 55.7. The monoisotopic (exact) mass is 1790 g/mol. The summed E-state index contributed by atoms with van der Waals surface area (Å²) in [6.07, 6.45) is 9.72. The highest BCUT2D eigenvalue weighted by atomic mass is 16.6. The summed E-state index contributed by atoms with van der Waals surface area (Å²) in [5.41, 5.74) is 0.231. The second kappa shape index (κ2) is 38.8. The molecule has 2 unspecified atom stereocenters. The van der Waals surface area contributed by atoms with Crippen molar-refractivity contribution in [2.45, 2.75) is 51.6 Å². The first kappa shape index (κ1) is 87.8. The van der Waals surface area contributed by atoms with Crippen LogP contribution < -0.4 is 56.8 Å². The van der Waals surface area contributed by atoms with Crippen molar-refractivity contribution in [3.05, 3.63) is 339 Å². The molecular weight excluding hydrogens is 1720 g/mol. The lowest BCUT2D eigenvalue weighted by atomic mass is 9.80. The fourth-order valence-electron chi connectivity index (χ4n) is 15.2. The number of carbonyl (C=O) groups excluding carboxylic acids is 10. The zero-order valence-electron chi connectivity index (χ0n) is 71.3. The van der Waals surface area contributed by atoms with Crippen LogP contribution in [0.5, 0.6) is 116 Å². The molecular formula is C104H74N6O24. The Kier molecular flexibility index (Phi) is 25.4. The van der Waals surface area contributed by atoms with E-state index in [1.165, 1.54) is 195 Å². The van der Waals surface area contributed by atoms with E-state index in [9.17, 15) is 19.2 Å². The van der Waals surface area contributed by atoms with Gasteiger partial charge in [0.2, 0.25) is 23.5 Å². The van der Waals surface area contributed by atoms with E-state index in [0.717, 1.165) is 34.1 Å². The van der Waals surface area contributed by atoms with Crippen molar-refractivity contribution >= 4 is 103 Å². The maximum absolute atomic E-state index is 16.8. The topological polar surface area (TPSA) is 358 Å². The quantitative estimate of drug-likeness (QED) is 0.0116. The Bertz CT molecular complexity index is 6460. The molecule has 134 heavy (non-hydrogen) atoms. The van der Waals surface area contributed by atoms with Gasteiger partial charge in [-0.1, -0.05) is 101 Å². The number of rotatable bonds is 36. The number of benzene rings is 11. The molecule has 0 fully saturated rings. The van der Waals surface area contributed by atoms with Crippen molar-refractivity contribution in [2.24, 2.45) is 0 Å². The normalized spacial score (nSPS) is 12.4. The predicted molar refractivity (Wildman–Crippen MR) is 486 cm³/mol. The number of imide groups is 2. The lowest BCUT2D eigenvalue weighted by Gasteiger charge is -2.35. The zero-order chi connectivity index (χ0) is 93.2. The number of amides is 4. The molecule has 0 saturated carbocycles. The predicted octanol–water partition coefficient (Wildman–Crippen LogP) is 20.3. The smallest absolute Gasteiger partial charge is 0.335 e. The van der Waals surface area contributed by atoms with Crippen molar-refractivity contribution in [3.63, 3.8) is 0 Å². The number of hydrogen-bond donors (Lipinski definition) is 0. The third-order valence-corrected chi connectivity index (χ3v) is 21.0. The van der Waals surface area contributed by atoms with Crippen LogP contribution in [0.4, 0.5) is 0 Å². The molecule has 2 aliphatic heterocycles. The van der Waals surface area contributed by atoms with Crippen LogP contribution in [0, 0.1) is 0 Å². The summed E-state index contributed by atoms with van der Waals surface area (Å²) >= 11 is 0. The second-order valence-electron chi connectivity index (χ2n) is 29.9. The standard InChI is InChI=1S/C104H74N6O24/c1-7-47-121-103(119)77(49-59-19-15-13-16-20-59)109-99(115)73-55-79(123-61-23-31-65(32-24-61)127-83-51-69(39-43-105-83)131-87(111)9-3)93-95-81(125-63-27-35-67(36-28-63)129-85-53-71(41-45-107-85)133-89(113)11-5)57-75-92-76(102(118)110(101(75)117)78(104(120)122-48-8-2)50-60-21-17-14-18-22-60)58-82(126-64-29-37-68(38-30-64)130-86-54-72(42-46-108-86)134-90(114)12-6)96(98(92)95)94-80(56-74(100(109)116)91(73)97(93)94)124-62-25-33-66(34-26-62)128-84-52-70(40-44-106-84)132-88(112)10-4/h9-46,51-58,77-78H,3-8,47-50H2,1-2H3. The molecule has 2 aliphatic rings. The molecule has 15 aromatic rings. The number of carbonyl (C=O) groups is 10. The summed E-state index contributed by atoms with van der Waals surface area (Å²) in [5, 5.41) is 0.00235. The molecule has 4 amide bonds. The van der Waals surface area contributed by atoms with Crippen molar-refractivity contribution in [2.75, 3.05) is 13.2 Å². The SMILES string of the molecule is C=CC(=O)Oc1ccnc(Oc2ccc(Oc3cc4c5c(cc(Oc6ccc(Oc7cc(OC(=O)C=C)ccn7)cc6)c6c7c(Oc8ccc(Oc9cc(OC(=O)C=C)ccn9)cc8)cc8c9c(cc(Oc%10ccc(Oc%11cc(OC(=O)C=C)ccn%11)cc%10)c(c3c56)c97)C(=O)N(C(Cc3ccccc3)C(=O)OCCC)C8=O)C(=O)N(C(Cc3ccccc3)C(=O)OCCC)C4=O)cc2)c1. The Morgan fingerprint density at radius 1 is 0.291 bits per heavy atom. The molecule has 30 nitrogen and oxygen atoms in total. The molecule has 664 valence electrons. The van der Waals surface area contributed by atoms with Crippen LogP contribution in [0.15, 0.2) is 306 Å². The lowest BCUT2D eigenvalue weighted by molar-refractivity contribution is -0.149. The van der Waals surface area contributed by atoms with Gasteiger partial charge < -0.3 is 66.3 Å². The summed E-state index contributed by atoms with van der Waals surface area (Å²) in [4.78, 5) is 166. The van der Waals surface area contributed by atoms with E-state index in [4.69, 9.17) is 66.3 Å². The molecule has 6 heterocycles. The van der Waals surface area contributed by atoms with Crippen LogP contribution >= 0.6 is 0 Å². The molecule has 11 aromatic carbocycles. The Morgan fingerprint density at radius 2 is 0.522 bits per heavy atom. The van der Waals surface area contributed by atoms with Gasteiger partial charge in [-0.05, 0) is 170 Å². The fourth-order valence-corrected chi connectivity index (χ4v) is 15.2. The highest BCUT2D eigenvalue weighted by molar-refractivity contribution is 6.45. The van der Waals surface area contributed by atoms with Crippen LogP contribution in [0.25, 0.3) is 43.1 Å². The summed E-state index contributed by atoms with van der Waals surface area (Å²) in [6.45, 7) is 17.3. The number of pyridine rings is 4. The Hall–Kier alpha value is -18.2. The molecule has 4 aromatic heterocycles. The van der Waals surface area contributed by atoms with Gasteiger partial charge in [-0.3, -0.25) is 29.0 Å². The maximum atomic E-state index is 16.8. The van der Waals surface area contributed by atoms with Crippen LogP contribution in [0.2, 0.25) is 0 Å². The first-order chi connectivity index (χ1) is 65.2. The van der Waals surface area contributed by atoms with Crippen molar-refractivity contribution in [3.8, 4) is 116 Å². The summed E-state index contributed by atoms with van der Waals surface area (Å²) in [7, 11) is 0. The Morgan fingerprint density at radius 3 is 0.746 bits per heavy atom. The third-order valence-electron chi connectivity index (χ3n) is 21.0. The van der Waals surface area contributed by atoms with Gasteiger partial charge in [0.1, 0.15) is 104 Å². The molecule has 17 rings (SSSR count). The van der Waals surface area contributed by atoms with Gasteiger partial charge in [-0.15, -0.1) is 0 Å². The Labute approximate surface area is 762 Å². The van der Waals surface area contributed by atoms with E-state index >= 15 is 28.8 Å². The van der Waals surface area contributed by atoms with E-state index in [0.29, 0.717) is 24.0 Å². The number of hydrogen-bond acceptors (Lipinski definition) is 28. The average molecular weight is 1790 g/mol. The number of fused-ring (bicyclic) bond motifs is 2. The minimum atomic E-state index is -1.64. The maximum Gasteiger partial charge on any atom is 0.335 e. The van der Waals surface area contributed by atoms with Crippen molar-refractivity contribution in [1.82, 2.24) is 29.7 Å². The van der Waals surface area contributed by atoms with Crippen molar-refractivity contribution in [1.29, 1.82) is 0 Å². The second-order valence-corrected chi connectivity index (χ2v) is 29.9. The summed E-state index contributed by atoms with van der Waals surface area (Å²) < 4.78 is 87.4. The molecule has 0 saturated heterocycles. The minimum absolute atomic E-state index is 0.0129. The van der Waals surface area contributed by atoms with Crippen LogP contribution in [0.1, 0.15) is 79.2 Å². The minimum Gasteiger partial charge on any atom is -0.464 e. The van der Waals surface area contributed by atoms with Crippen molar-refractivity contribution < 1.29 is 114 Å². The van der Waals surface area contributed by atoms with Gasteiger partial charge in [-0.25, -0.2) is 48.7 Å². The molecule has 0 N–H and O–H groups in total. The molecule has 0 spiro atoms. The zero-order valence-corrected chi connectivity index (χ0v) is 71.3. The highest BCUT2D eigenvalue weighted by Crippen LogP contribution is 2.59. The van der Waals surface area contributed by atoms with E-state index in [1.54, 1.807) is 74.5 Å². The molecule has 0 radical (unpaired) electrons. The van der Waals surface area contributed by atoms with Gasteiger partial charge in [0.25, 0.3) is 23.6 Å². The number of esters is 6. The molecule has 2 atom stereocenters. The van der Waals surface area contributed by atoms with Gasteiger partial charge in [0.05, 0.1) is 35.5 Å². The summed E-state index contributed by atoms with van der Waals surface area (Å²) in [5.74, 6) is -8.03. The molecule has 30 heteroatoms. The van der Waals surface area contributed by atoms with E-state index in [2.05, 4.69) is 46.3 Å². The van der Waals surface area contributed by atoms with E-state index in [1.807, 2.05) is 0 Å². The lowest BCUT2D eigenvalue weighted by Crippen LogP contribution is -2.52. The average Bonchev–Trinajstić information content (AvgIpc) is 0.668. The van der Waals surface area contributed by atoms with Gasteiger partial charge in [0.15, 0.2) is 0 Å². The fraction of sp³-hybridized carbons (Fsp3) is 0.0962. The number of nitrogens with zero attached hydrogens (tertiary/aromatic N) is 6. The highest BCUT2D eigenvalue weighted by Gasteiger charge is 2.47. The number of aromatic nitrogens is 4. The molecule has 0 bridgehead atoms. The van der Waals surface area contributed by atoms with Crippen LogP contribution in [-0.2, 0) is 51.1 Å². The van der Waals surface area contributed by atoms with Gasteiger partial charge in [0, 0.05) is 129 Å². The number of ether oxygens (including phenoxy) is 14. The van der Waals surface area contributed by atoms with Crippen LogP contribution in [-0.4, -0.2) is 114 Å². The largest absolute Gasteiger partial charge is 0.464 e. The van der Waals surface area contributed by atoms with Gasteiger partial charge >= 0.3 is 35.8 Å². The van der Waals surface area contributed by atoms with E-state index in [-0.39, 0.29) is 207 Å².